The molecule has 0 radical (unpaired) electrons. The second-order valence-corrected chi connectivity index (χ2v) is 6.28. The summed E-state index contributed by atoms with van der Waals surface area (Å²) in [7, 11) is 0. The van der Waals surface area contributed by atoms with Crippen molar-refractivity contribution in [2.75, 3.05) is 5.73 Å². The number of hydrazone groups is 1. The molecule has 6 nitrogen and oxygen atoms in total. The summed E-state index contributed by atoms with van der Waals surface area (Å²) in [5, 5.41) is 6.22. The quantitative estimate of drug-likeness (QED) is 0.738. The van der Waals surface area contributed by atoms with E-state index in [1.54, 1.807) is 17.4 Å². The van der Waals surface area contributed by atoms with Gasteiger partial charge in [-0.25, -0.2) is 5.01 Å². The second kappa shape index (κ2) is 6.55. The van der Waals surface area contributed by atoms with Crippen molar-refractivity contribution >= 4 is 28.3 Å². The average Bonchev–Trinajstić information content (AvgIpc) is 3.13. The highest BCUT2D eigenvalue weighted by atomic mass is 16.2. The molecule has 3 aromatic rings. The largest absolute Gasteiger partial charge is 0.399 e. The summed E-state index contributed by atoms with van der Waals surface area (Å²) in [6.07, 6.45) is 4.41. The Hall–Kier alpha value is -3.28. The number of nitrogens with zero attached hydrogens (tertiary/aromatic N) is 4. The molecule has 0 spiro atoms. The van der Waals surface area contributed by atoms with Gasteiger partial charge in [-0.05, 0) is 35.4 Å². The van der Waals surface area contributed by atoms with E-state index in [-0.39, 0.29) is 11.9 Å². The summed E-state index contributed by atoms with van der Waals surface area (Å²) < 4.78 is 0. The Kier molecular flexibility index (Phi) is 4.08. The molecule has 1 unspecified atom stereocenters. The molecule has 6 heteroatoms. The second-order valence-electron chi connectivity index (χ2n) is 6.28. The summed E-state index contributed by atoms with van der Waals surface area (Å²) in [5.74, 6) is -0.000289. The molecule has 1 aromatic heterocycles. The van der Waals surface area contributed by atoms with Crippen LogP contribution in [-0.4, -0.2) is 26.6 Å². The molecular weight excluding hydrogens is 326 g/mol. The lowest BCUT2D eigenvalue weighted by Crippen LogP contribution is -2.26. The highest BCUT2D eigenvalue weighted by Crippen LogP contribution is 2.34. The summed E-state index contributed by atoms with van der Waals surface area (Å²) in [4.78, 5) is 21.1. The Balaban J connectivity index is 1.72. The minimum absolute atomic E-state index is 0.000289. The molecule has 26 heavy (non-hydrogen) atoms. The van der Waals surface area contributed by atoms with Gasteiger partial charge in [-0.2, -0.15) is 5.10 Å². The molecule has 0 aliphatic carbocycles. The predicted molar refractivity (Wildman–Crippen MR) is 101 cm³/mol. The SMILES string of the molecule is CCC(=O)N1N=C(c2ccc(N)cc2)CC1c1ccc2nccnc2c1. The normalized spacial score (nSPS) is 16.7. The Morgan fingerprint density at radius 1 is 1.12 bits per heavy atom. The van der Waals surface area contributed by atoms with Crippen LogP contribution in [0.15, 0.2) is 60.0 Å². The van der Waals surface area contributed by atoms with Crippen LogP contribution in [0.4, 0.5) is 5.69 Å². The Morgan fingerprint density at radius 2 is 1.85 bits per heavy atom. The number of fused-ring (bicyclic) bond motifs is 1. The monoisotopic (exact) mass is 345 g/mol. The van der Waals surface area contributed by atoms with E-state index in [1.165, 1.54) is 0 Å². The highest BCUT2D eigenvalue weighted by Gasteiger charge is 2.32. The lowest BCUT2D eigenvalue weighted by atomic mass is 9.97. The van der Waals surface area contributed by atoms with E-state index < -0.39 is 0 Å². The zero-order chi connectivity index (χ0) is 18.1. The number of anilines is 1. The molecule has 0 saturated carbocycles. The third-order valence-electron chi connectivity index (χ3n) is 4.59. The van der Waals surface area contributed by atoms with E-state index >= 15 is 0 Å². The molecule has 4 rings (SSSR count). The van der Waals surface area contributed by atoms with Crippen molar-refractivity contribution in [1.82, 2.24) is 15.0 Å². The number of nitrogen functional groups attached to an aromatic ring is 1. The lowest BCUT2D eigenvalue weighted by Gasteiger charge is -2.21. The summed E-state index contributed by atoms with van der Waals surface area (Å²) >= 11 is 0. The van der Waals surface area contributed by atoms with Gasteiger partial charge in [0.2, 0.25) is 5.91 Å². The number of carbonyl (C=O) groups is 1. The number of amides is 1. The first-order chi connectivity index (χ1) is 12.7. The minimum Gasteiger partial charge on any atom is -0.399 e. The number of hydrogen-bond acceptors (Lipinski definition) is 5. The highest BCUT2D eigenvalue weighted by molar-refractivity contribution is 6.03. The van der Waals surface area contributed by atoms with Crippen molar-refractivity contribution in [1.29, 1.82) is 0 Å². The van der Waals surface area contributed by atoms with E-state index in [0.29, 0.717) is 18.5 Å². The molecule has 1 aliphatic heterocycles. The van der Waals surface area contributed by atoms with Crippen molar-refractivity contribution in [3.8, 4) is 0 Å². The van der Waals surface area contributed by atoms with Gasteiger partial charge in [-0.15, -0.1) is 0 Å². The smallest absolute Gasteiger partial charge is 0.242 e. The van der Waals surface area contributed by atoms with Gasteiger partial charge in [-0.1, -0.05) is 25.1 Å². The third-order valence-corrected chi connectivity index (χ3v) is 4.59. The fraction of sp³-hybridized carbons (Fsp3) is 0.200. The van der Waals surface area contributed by atoms with Crippen LogP contribution >= 0.6 is 0 Å². The molecule has 1 atom stereocenters. The van der Waals surface area contributed by atoms with Gasteiger partial charge in [0, 0.05) is 30.9 Å². The van der Waals surface area contributed by atoms with Crippen LogP contribution in [0.5, 0.6) is 0 Å². The van der Waals surface area contributed by atoms with Crippen molar-refractivity contribution in [3.63, 3.8) is 0 Å². The van der Waals surface area contributed by atoms with Crippen LogP contribution in [0.1, 0.15) is 36.9 Å². The molecule has 0 saturated heterocycles. The van der Waals surface area contributed by atoms with Gasteiger partial charge < -0.3 is 5.73 Å². The molecule has 0 bridgehead atoms. The van der Waals surface area contributed by atoms with Crippen molar-refractivity contribution in [2.24, 2.45) is 5.10 Å². The van der Waals surface area contributed by atoms with Crippen LogP contribution < -0.4 is 5.73 Å². The van der Waals surface area contributed by atoms with E-state index in [9.17, 15) is 4.79 Å². The Morgan fingerprint density at radius 3 is 2.58 bits per heavy atom. The van der Waals surface area contributed by atoms with Gasteiger partial charge in [-0.3, -0.25) is 14.8 Å². The number of rotatable bonds is 3. The minimum atomic E-state index is -0.138. The van der Waals surface area contributed by atoms with Crippen LogP contribution in [-0.2, 0) is 4.79 Å². The Bertz CT molecular complexity index is 997. The molecule has 1 amide bonds. The van der Waals surface area contributed by atoms with Crippen LogP contribution in [0, 0.1) is 0 Å². The van der Waals surface area contributed by atoms with Gasteiger partial charge in [0.1, 0.15) is 0 Å². The number of benzene rings is 2. The molecular formula is C20H19N5O. The first kappa shape index (κ1) is 16.2. The van der Waals surface area contributed by atoms with E-state index in [2.05, 4.69) is 15.1 Å². The van der Waals surface area contributed by atoms with Crippen molar-refractivity contribution in [2.45, 2.75) is 25.8 Å². The molecule has 2 aromatic carbocycles. The van der Waals surface area contributed by atoms with E-state index in [4.69, 9.17) is 5.73 Å². The standard InChI is InChI=1S/C20H19N5O/c1-2-20(26)25-19(12-17(24-25)13-3-6-15(21)7-4-13)14-5-8-16-18(11-14)23-10-9-22-16/h3-11,19H,2,12,21H2,1H3. The molecule has 2 N–H and O–H groups in total. The first-order valence-electron chi connectivity index (χ1n) is 8.62. The van der Waals surface area contributed by atoms with Crippen LogP contribution in [0.25, 0.3) is 11.0 Å². The fourth-order valence-electron chi connectivity index (χ4n) is 3.20. The first-order valence-corrected chi connectivity index (χ1v) is 8.62. The average molecular weight is 345 g/mol. The van der Waals surface area contributed by atoms with Gasteiger partial charge >= 0.3 is 0 Å². The van der Waals surface area contributed by atoms with E-state index in [1.807, 2.05) is 49.4 Å². The number of nitrogens with two attached hydrogens (primary N) is 1. The molecule has 1 aliphatic rings. The predicted octanol–water partition coefficient (Wildman–Crippen LogP) is 3.30. The number of hydrogen-bond donors (Lipinski definition) is 1. The zero-order valence-corrected chi connectivity index (χ0v) is 14.5. The maximum absolute atomic E-state index is 12.5. The fourth-order valence-corrected chi connectivity index (χ4v) is 3.20. The van der Waals surface area contributed by atoms with E-state index in [0.717, 1.165) is 27.9 Å². The Labute approximate surface area is 151 Å². The maximum atomic E-state index is 12.5. The summed E-state index contributed by atoms with van der Waals surface area (Å²) in [6.45, 7) is 1.85. The summed E-state index contributed by atoms with van der Waals surface area (Å²) in [5.41, 5.74) is 11.0. The van der Waals surface area contributed by atoms with Gasteiger partial charge in [0.25, 0.3) is 0 Å². The molecule has 2 heterocycles. The topological polar surface area (TPSA) is 84.5 Å². The van der Waals surface area contributed by atoms with Crippen molar-refractivity contribution < 1.29 is 4.79 Å². The third kappa shape index (κ3) is 2.90. The van der Waals surface area contributed by atoms with Gasteiger partial charge in [0.05, 0.1) is 22.8 Å². The van der Waals surface area contributed by atoms with Crippen LogP contribution in [0.2, 0.25) is 0 Å². The zero-order valence-electron chi connectivity index (χ0n) is 14.5. The lowest BCUT2D eigenvalue weighted by molar-refractivity contribution is -0.132. The number of aromatic nitrogens is 2. The molecule has 0 fully saturated rings. The van der Waals surface area contributed by atoms with Gasteiger partial charge in [0.15, 0.2) is 0 Å². The van der Waals surface area contributed by atoms with Crippen molar-refractivity contribution in [3.05, 3.63) is 66.0 Å². The number of carbonyl (C=O) groups excluding carboxylic acids is 1. The summed E-state index contributed by atoms with van der Waals surface area (Å²) in [6, 6.07) is 13.4. The van der Waals surface area contributed by atoms with Crippen LogP contribution in [0.3, 0.4) is 0 Å². The molecule has 130 valence electrons. The maximum Gasteiger partial charge on any atom is 0.242 e.